The number of pyridine rings is 1. The number of carbonyl (C=O) groups excluding carboxylic acids is 1. The van der Waals surface area contributed by atoms with E-state index in [1.165, 1.54) is 5.56 Å². The molecule has 34 heavy (non-hydrogen) atoms. The van der Waals surface area contributed by atoms with E-state index >= 15 is 0 Å². The second-order valence-electron chi connectivity index (χ2n) is 8.92. The number of amides is 1. The highest BCUT2D eigenvalue weighted by molar-refractivity contribution is 5.94. The maximum absolute atomic E-state index is 13.4. The monoisotopic (exact) mass is 464 g/mol. The van der Waals surface area contributed by atoms with Gasteiger partial charge in [0, 0.05) is 56.6 Å². The maximum Gasteiger partial charge on any atom is 0.254 e. The summed E-state index contributed by atoms with van der Waals surface area (Å²) in [5.41, 5.74) is 2.98. The van der Waals surface area contributed by atoms with Crippen LogP contribution in [0.5, 0.6) is 5.75 Å². The first-order chi connectivity index (χ1) is 16.8. The number of morpholine rings is 1. The van der Waals surface area contributed by atoms with Gasteiger partial charge in [0.1, 0.15) is 12.4 Å². The minimum absolute atomic E-state index is 0.0247. The van der Waals surface area contributed by atoms with Gasteiger partial charge in [-0.25, -0.2) is 4.52 Å². The van der Waals surface area contributed by atoms with E-state index < -0.39 is 0 Å². The molecule has 2 aliphatic heterocycles. The predicted molar refractivity (Wildman–Crippen MR) is 128 cm³/mol. The van der Waals surface area contributed by atoms with Crippen molar-refractivity contribution in [2.24, 2.45) is 5.92 Å². The van der Waals surface area contributed by atoms with Gasteiger partial charge in [0.15, 0.2) is 0 Å². The van der Waals surface area contributed by atoms with E-state index in [-0.39, 0.29) is 11.8 Å². The van der Waals surface area contributed by atoms with E-state index in [9.17, 15) is 4.79 Å². The molecule has 8 heteroatoms. The van der Waals surface area contributed by atoms with Crippen molar-refractivity contribution < 1.29 is 19.0 Å². The molecule has 0 bridgehead atoms. The number of nitrogens with zero attached hydrogens (tertiary/aromatic N) is 4. The molecular weight excluding hydrogens is 432 g/mol. The van der Waals surface area contributed by atoms with Crippen LogP contribution in [0.25, 0.3) is 5.52 Å². The normalized spacial score (nSPS) is 19.8. The summed E-state index contributed by atoms with van der Waals surface area (Å²) in [6, 6.07) is 13.7. The topological polar surface area (TPSA) is 68.5 Å². The van der Waals surface area contributed by atoms with E-state index in [4.69, 9.17) is 14.2 Å². The first kappa shape index (κ1) is 22.8. The van der Waals surface area contributed by atoms with Crippen LogP contribution in [0.2, 0.25) is 0 Å². The Morgan fingerprint density at radius 1 is 1.06 bits per heavy atom. The highest BCUT2D eigenvalue weighted by Crippen LogP contribution is 2.21. The summed E-state index contributed by atoms with van der Waals surface area (Å²) in [5.74, 6) is 0.978. The zero-order valence-corrected chi connectivity index (χ0v) is 19.5. The maximum atomic E-state index is 13.4. The second kappa shape index (κ2) is 11.0. The summed E-state index contributed by atoms with van der Waals surface area (Å²) in [6.45, 7) is 7.34. The highest BCUT2D eigenvalue weighted by Gasteiger charge is 2.24. The third-order valence-electron chi connectivity index (χ3n) is 6.52. The van der Waals surface area contributed by atoms with Crippen LogP contribution in [0.1, 0.15) is 15.9 Å². The molecule has 2 fully saturated rings. The van der Waals surface area contributed by atoms with Crippen LogP contribution < -0.4 is 4.74 Å². The lowest BCUT2D eigenvalue weighted by Crippen LogP contribution is -2.38. The number of fused-ring (bicyclic) bond motifs is 1. The Hall–Kier alpha value is -2.94. The van der Waals surface area contributed by atoms with Crippen molar-refractivity contribution in [3.05, 3.63) is 66.0 Å². The van der Waals surface area contributed by atoms with Gasteiger partial charge in [-0.3, -0.25) is 9.69 Å². The lowest BCUT2D eigenvalue weighted by Gasteiger charge is -2.26. The van der Waals surface area contributed by atoms with Crippen LogP contribution in [0.4, 0.5) is 0 Å². The van der Waals surface area contributed by atoms with Crippen molar-refractivity contribution in [1.82, 2.24) is 19.4 Å². The first-order valence-electron chi connectivity index (χ1n) is 12.1. The van der Waals surface area contributed by atoms with Crippen LogP contribution >= 0.6 is 0 Å². The van der Waals surface area contributed by atoms with Crippen molar-refractivity contribution in [3.8, 4) is 5.75 Å². The number of benzene rings is 1. The van der Waals surface area contributed by atoms with E-state index in [1.54, 1.807) is 0 Å². The average molecular weight is 465 g/mol. The number of rotatable bonds is 7. The minimum atomic E-state index is 0.0247. The molecular formula is C26H32N4O4. The summed E-state index contributed by atoms with van der Waals surface area (Å²) >= 11 is 0. The molecule has 4 heterocycles. The number of hydrogen-bond acceptors (Lipinski definition) is 6. The zero-order valence-electron chi connectivity index (χ0n) is 19.5. The predicted octanol–water partition coefficient (Wildman–Crippen LogP) is 2.38. The molecule has 5 rings (SSSR count). The summed E-state index contributed by atoms with van der Waals surface area (Å²) in [6.07, 6.45) is 4.60. The molecule has 3 aromatic rings. The van der Waals surface area contributed by atoms with Crippen molar-refractivity contribution >= 4 is 11.4 Å². The van der Waals surface area contributed by atoms with Crippen LogP contribution in [-0.2, 0) is 15.9 Å². The van der Waals surface area contributed by atoms with Gasteiger partial charge in [-0.2, -0.15) is 5.10 Å². The number of ether oxygens (including phenoxy) is 3. The smallest absolute Gasteiger partial charge is 0.254 e. The van der Waals surface area contributed by atoms with Crippen molar-refractivity contribution in [2.75, 3.05) is 65.8 Å². The standard InChI is InChI=1S/C26H32N4O4/c31-26(23-3-1-5-24(18-23)34-16-11-28-9-13-32-14-10-28)29-12-15-33-20-21(19-29)17-22-4-2-8-30-25(22)6-7-27-30/h1-8,18,21H,9-17,19-20H2/t21-/m0/s1. The second-order valence-corrected chi connectivity index (χ2v) is 8.92. The van der Waals surface area contributed by atoms with Crippen molar-refractivity contribution in [3.63, 3.8) is 0 Å². The lowest BCUT2D eigenvalue weighted by atomic mass is 9.99. The van der Waals surface area contributed by atoms with E-state index in [0.29, 0.717) is 38.5 Å². The Morgan fingerprint density at radius 2 is 1.94 bits per heavy atom. The molecule has 180 valence electrons. The zero-order chi connectivity index (χ0) is 23.2. The molecule has 1 atom stereocenters. The van der Waals surface area contributed by atoms with E-state index in [0.717, 1.165) is 50.5 Å². The van der Waals surface area contributed by atoms with Gasteiger partial charge >= 0.3 is 0 Å². The Labute approximate surface area is 200 Å². The molecule has 0 saturated carbocycles. The molecule has 2 aromatic heterocycles. The number of hydrogen-bond donors (Lipinski definition) is 0. The van der Waals surface area contributed by atoms with Gasteiger partial charge in [-0.1, -0.05) is 12.1 Å². The first-order valence-corrected chi connectivity index (χ1v) is 12.1. The number of carbonyl (C=O) groups is 1. The quantitative estimate of drug-likeness (QED) is 0.535. The van der Waals surface area contributed by atoms with Crippen molar-refractivity contribution in [1.29, 1.82) is 0 Å². The average Bonchev–Trinajstić information content (AvgIpc) is 3.24. The Morgan fingerprint density at radius 3 is 2.85 bits per heavy atom. The third kappa shape index (κ3) is 5.58. The van der Waals surface area contributed by atoms with E-state index in [1.807, 2.05) is 58.2 Å². The summed E-state index contributed by atoms with van der Waals surface area (Å²) in [4.78, 5) is 17.6. The number of aromatic nitrogens is 2. The molecule has 0 unspecified atom stereocenters. The fourth-order valence-electron chi connectivity index (χ4n) is 4.70. The van der Waals surface area contributed by atoms with Crippen LogP contribution in [0.3, 0.4) is 0 Å². The van der Waals surface area contributed by atoms with Crippen LogP contribution in [0, 0.1) is 5.92 Å². The van der Waals surface area contributed by atoms with Gasteiger partial charge in [-0.15, -0.1) is 0 Å². The van der Waals surface area contributed by atoms with Crippen LogP contribution in [-0.4, -0.2) is 91.1 Å². The van der Waals surface area contributed by atoms with Crippen LogP contribution in [0.15, 0.2) is 54.9 Å². The Bertz CT molecular complexity index is 1100. The van der Waals surface area contributed by atoms with E-state index in [2.05, 4.69) is 16.1 Å². The molecule has 0 N–H and O–H groups in total. The molecule has 0 radical (unpaired) electrons. The molecule has 0 aliphatic carbocycles. The summed E-state index contributed by atoms with van der Waals surface area (Å²) < 4.78 is 19.1. The van der Waals surface area contributed by atoms with Gasteiger partial charge in [0.05, 0.1) is 31.9 Å². The molecule has 0 spiro atoms. The Balaban J connectivity index is 1.21. The lowest BCUT2D eigenvalue weighted by molar-refractivity contribution is 0.0322. The molecule has 1 amide bonds. The van der Waals surface area contributed by atoms with Gasteiger partial charge in [-0.05, 0) is 42.3 Å². The fraction of sp³-hybridized carbons (Fsp3) is 0.462. The Kier molecular flexibility index (Phi) is 7.38. The summed E-state index contributed by atoms with van der Waals surface area (Å²) in [7, 11) is 0. The highest BCUT2D eigenvalue weighted by atomic mass is 16.5. The SMILES string of the molecule is O=C(c1cccc(OCCN2CCOCC2)c1)N1CCOC[C@@H](Cc2cccn3nccc23)C1. The molecule has 8 nitrogen and oxygen atoms in total. The van der Waals surface area contributed by atoms with Gasteiger partial charge in [0.25, 0.3) is 5.91 Å². The van der Waals surface area contributed by atoms with Gasteiger partial charge < -0.3 is 19.1 Å². The molecule has 2 saturated heterocycles. The third-order valence-corrected chi connectivity index (χ3v) is 6.52. The minimum Gasteiger partial charge on any atom is -0.492 e. The molecule has 1 aromatic carbocycles. The molecule has 2 aliphatic rings. The van der Waals surface area contributed by atoms with Gasteiger partial charge in [0.2, 0.25) is 0 Å². The summed E-state index contributed by atoms with van der Waals surface area (Å²) in [5, 5.41) is 4.33. The largest absolute Gasteiger partial charge is 0.492 e. The fourth-order valence-corrected chi connectivity index (χ4v) is 4.70. The van der Waals surface area contributed by atoms with Crippen molar-refractivity contribution in [2.45, 2.75) is 6.42 Å².